The minimum absolute atomic E-state index is 0.191. The van der Waals surface area contributed by atoms with Gasteiger partial charge in [0.15, 0.2) is 0 Å². The van der Waals surface area contributed by atoms with Gasteiger partial charge in [0.2, 0.25) is 0 Å². The van der Waals surface area contributed by atoms with Crippen LogP contribution in [0.25, 0.3) is 0 Å². The fourth-order valence-corrected chi connectivity index (χ4v) is 2.98. The molecule has 28 heavy (non-hydrogen) atoms. The number of pyridine rings is 1. The number of anilines is 2. The van der Waals surface area contributed by atoms with Crippen LogP contribution < -0.4 is 10.6 Å². The molecule has 1 aromatic heterocycles. The number of aromatic nitrogens is 1. The Balaban J connectivity index is 1.77. The molecule has 2 aromatic carbocycles. The summed E-state index contributed by atoms with van der Waals surface area (Å²) in [5, 5.41) is 5.77. The Bertz CT molecular complexity index is 1030. The van der Waals surface area contributed by atoms with Gasteiger partial charge in [-0.25, -0.2) is 0 Å². The van der Waals surface area contributed by atoms with Crippen LogP contribution in [0.4, 0.5) is 11.4 Å². The minimum Gasteiger partial charge on any atom is -0.322 e. The van der Waals surface area contributed by atoms with Crippen molar-refractivity contribution in [1.29, 1.82) is 0 Å². The van der Waals surface area contributed by atoms with Crippen molar-refractivity contribution in [1.82, 2.24) is 4.98 Å². The van der Waals surface area contributed by atoms with Crippen LogP contribution in [0, 0.1) is 13.8 Å². The third-order valence-electron chi connectivity index (χ3n) is 4.53. The lowest BCUT2D eigenvalue weighted by Crippen LogP contribution is -2.17. The zero-order chi connectivity index (χ0) is 20.1. The number of amides is 2. The first-order chi connectivity index (χ1) is 13.5. The highest BCUT2D eigenvalue weighted by Gasteiger charge is 2.14. The van der Waals surface area contributed by atoms with Gasteiger partial charge in [-0.1, -0.05) is 42.8 Å². The van der Waals surface area contributed by atoms with Crippen molar-refractivity contribution in [2.75, 3.05) is 10.6 Å². The van der Waals surface area contributed by atoms with E-state index in [0.717, 1.165) is 34.5 Å². The second-order valence-corrected chi connectivity index (χ2v) is 6.67. The van der Waals surface area contributed by atoms with E-state index < -0.39 is 0 Å². The van der Waals surface area contributed by atoms with Gasteiger partial charge < -0.3 is 10.6 Å². The van der Waals surface area contributed by atoms with Crippen LogP contribution in [-0.4, -0.2) is 16.8 Å². The van der Waals surface area contributed by atoms with Crippen molar-refractivity contribution in [2.45, 2.75) is 27.2 Å². The van der Waals surface area contributed by atoms with Crippen molar-refractivity contribution in [3.63, 3.8) is 0 Å². The van der Waals surface area contributed by atoms with Gasteiger partial charge in [-0.3, -0.25) is 14.6 Å². The maximum Gasteiger partial charge on any atom is 0.274 e. The van der Waals surface area contributed by atoms with E-state index in [4.69, 9.17) is 0 Å². The molecule has 3 aromatic rings. The van der Waals surface area contributed by atoms with Crippen LogP contribution in [-0.2, 0) is 6.42 Å². The summed E-state index contributed by atoms with van der Waals surface area (Å²) in [4.78, 5) is 29.3. The minimum atomic E-state index is -0.351. The number of para-hydroxylation sites is 1. The third-order valence-corrected chi connectivity index (χ3v) is 4.53. The number of nitrogens with zero attached hydrogens (tertiary/aromatic N) is 1. The third kappa shape index (κ3) is 4.43. The normalized spacial score (nSPS) is 10.4. The number of hydrogen-bond donors (Lipinski definition) is 2. The molecule has 0 saturated carbocycles. The first kappa shape index (κ1) is 19.3. The van der Waals surface area contributed by atoms with E-state index >= 15 is 0 Å². The molecule has 5 nitrogen and oxygen atoms in total. The Kier molecular flexibility index (Phi) is 5.84. The Morgan fingerprint density at radius 1 is 0.893 bits per heavy atom. The molecule has 3 rings (SSSR count). The Morgan fingerprint density at radius 2 is 1.64 bits per heavy atom. The monoisotopic (exact) mass is 373 g/mol. The van der Waals surface area contributed by atoms with Gasteiger partial charge in [0.05, 0.1) is 0 Å². The maximum atomic E-state index is 12.6. The molecule has 0 radical (unpaired) electrons. The highest BCUT2D eigenvalue weighted by atomic mass is 16.2. The van der Waals surface area contributed by atoms with Crippen LogP contribution in [0.2, 0.25) is 0 Å². The number of rotatable bonds is 5. The highest BCUT2D eigenvalue weighted by Crippen LogP contribution is 2.18. The molecule has 0 aliphatic rings. The zero-order valence-corrected chi connectivity index (χ0v) is 16.2. The van der Waals surface area contributed by atoms with Crippen molar-refractivity contribution < 1.29 is 9.59 Å². The molecule has 0 bridgehead atoms. The lowest BCUT2D eigenvalue weighted by Gasteiger charge is -2.11. The summed E-state index contributed by atoms with van der Waals surface area (Å²) >= 11 is 0. The summed E-state index contributed by atoms with van der Waals surface area (Å²) in [6, 6.07) is 16.6. The molecule has 0 fully saturated rings. The van der Waals surface area contributed by atoms with E-state index in [2.05, 4.69) is 15.6 Å². The number of carbonyl (C=O) groups excluding carboxylic acids is 2. The van der Waals surface area contributed by atoms with Gasteiger partial charge in [-0.15, -0.1) is 0 Å². The molecule has 0 unspecified atom stereocenters. The SMILES string of the molecule is CCc1ccccc1NC(=O)c1ccnc(C(=O)Nc2ccc(C)cc2C)c1. The van der Waals surface area contributed by atoms with E-state index in [1.807, 2.05) is 63.2 Å². The first-order valence-electron chi connectivity index (χ1n) is 9.22. The maximum absolute atomic E-state index is 12.6. The zero-order valence-electron chi connectivity index (χ0n) is 16.2. The molecule has 0 atom stereocenters. The average molecular weight is 373 g/mol. The lowest BCUT2D eigenvalue weighted by atomic mass is 10.1. The lowest BCUT2D eigenvalue weighted by molar-refractivity contribution is 0.102. The summed E-state index contributed by atoms with van der Waals surface area (Å²) in [6.07, 6.45) is 2.29. The Labute approximate surface area is 164 Å². The molecule has 0 saturated heterocycles. The molecule has 2 N–H and O–H groups in total. The second-order valence-electron chi connectivity index (χ2n) is 6.67. The quantitative estimate of drug-likeness (QED) is 0.677. The van der Waals surface area contributed by atoms with Crippen LogP contribution in [0.3, 0.4) is 0 Å². The first-order valence-corrected chi connectivity index (χ1v) is 9.22. The number of aryl methyl sites for hydroxylation is 3. The van der Waals surface area contributed by atoms with Gasteiger partial charge in [-0.05, 0) is 55.7 Å². The van der Waals surface area contributed by atoms with Crippen LogP contribution >= 0.6 is 0 Å². The number of benzene rings is 2. The van der Waals surface area contributed by atoms with E-state index in [1.54, 1.807) is 6.07 Å². The average Bonchev–Trinajstić information content (AvgIpc) is 2.70. The van der Waals surface area contributed by atoms with Gasteiger partial charge in [0.25, 0.3) is 11.8 Å². The van der Waals surface area contributed by atoms with Gasteiger partial charge >= 0.3 is 0 Å². The van der Waals surface area contributed by atoms with E-state index in [1.165, 1.54) is 12.3 Å². The molecule has 1 heterocycles. The second kappa shape index (κ2) is 8.48. The molecule has 0 aliphatic heterocycles. The highest BCUT2D eigenvalue weighted by molar-refractivity contribution is 6.08. The fourth-order valence-electron chi connectivity index (χ4n) is 2.98. The van der Waals surface area contributed by atoms with E-state index in [0.29, 0.717) is 5.56 Å². The van der Waals surface area contributed by atoms with Crippen molar-refractivity contribution in [3.05, 3.63) is 88.7 Å². The molecule has 0 aliphatic carbocycles. The van der Waals surface area contributed by atoms with Crippen LogP contribution in [0.5, 0.6) is 0 Å². The summed E-state index contributed by atoms with van der Waals surface area (Å²) in [7, 11) is 0. The number of nitrogens with one attached hydrogen (secondary N) is 2. The standard InChI is InChI=1S/C23H23N3O2/c1-4-17-7-5-6-8-20(17)26-22(27)18-11-12-24-21(14-18)23(28)25-19-10-9-15(2)13-16(19)3/h5-14H,4H2,1-3H3,(H,25,28)(H,26,27). The van der Waals surface area contributed by atoms with Crippen molar-refractivity contribution >= 4 is 23.2 Å². The summed E-state index contributed by atoms with van der Waals surface area (Å²) in [5.74, 6) is -0.626. The van der Waals surface area contributed by atoms with Gasteiger partial charge in [-0.2, -0.15) is 0 Å². The summed E-state index contributed by atoms with van der Waals surface area (Å²) in [5.41, 5.74) is 5.22. The molecule has 2 amide bonds. The number of hydrogen-bond acceptors (Lipinski definition) is 3. The molecule has 0 spiro atoms. The van der Waals surface area contributed by atoms with E-state index in [9.17, 15) is 9.59 Å². The fraction of sp³-hybridized carbons (Fsp3) is 0.174. The van der Waals surface area contributed by atoms with Gasteiger partial charge in [0, 0.05) is 23.1 Å². The topological polar surface area (TPSA) is 71.1 Å². The predicted octanol–water partition coefficient (Wildman–Crippen LogP) is 4.77. The Morgan fingerprint density at radius 3 is 2.39 bits per heavy atom. The smallest absolute Gasteiger partial charge is 0.274 e. The summed E-state index contributed by atoms with van der Waals surface area (Å²) < 4.78 is 0. The van der Waals surface area contributed by atoms with Crippen LogP contribution in [0.15, 0.2) is 60.8 Å². The number of carbonyl (C=O) groups is 2. The van der Waals surface area contributed by atoms with Gasteiger partial charge in [0.1, 0.15) is 5.69 Å². The molecular formula is C23H23N3O2. The van der Waals surface area contributed by atoms with Crippen molar-refractivity contribution in [3.8, 4) is 0 Å². The largest absolute Gasteiger partial charge is 0.322 e. The predicted molar refractivity (Wildman–Crippen MR) is 112 cm³/mol. The summed E-state index contributed by atoms with van der Waals surface area (Å²) in [6.45, 7) is 5.97. The van der Waals surface area contributed by atoms with E-state index in [-0.39, 0.29) is 17.5 Å². The molecular weight excluding hydrogens is 350 g/mol. The van der Waals surface area contributed by atoms with Crippen molar-refractivity contribution in [2.24, 2.45) is 0 Å². The molecule has 5 heteroatoms. The molecule has 142 valence electrons. The van der Waals surface area contributed by atoms with Crippen LogP contribution in [0.1, 0.15) is 44.5 Å². The Hall–Kier alpha value is -3.47.